The van der Waals surface area contributed by atoms with Gasteiger partial charge in [0.05, 0.1) is 0 Å². The van der Waals surface area contributed by atoms with E-state index >= 15 is 0 Å². The van der Waals surface area contributed by atoms with Crippen molar-refractivity contribution in [2.75, 3.05) is 12.0 Å². The van der Waals surface area contributed by atoms with Crippen LogP contribution in [-0.2, 0) is 0 Å². The van der Waals surface area contributed by atoms with Crippen LogP contribution in [0, 0.1) is 0 Å². The molecular formula is C21H35NS. The predicted octanol–water partition coefficient (Wildman–Crippen LogP) is 6.06. The summed E-state index contributed by atoms with van der Waals surface area (Å²) in [6.45, 7) is 10.8. The fraction of sp³-hybridized carbons (Fsp3) is 0.619. The molecule has 130 valence electrons. The van der Waals surface area contributed by atoms with Gasteiger partial charge in [0.25, 0.3) is 0 Å². The van der Waals surface area contributed by atoms with Crippen LogP contribution in [0.2, 0.25) is 0 Å². The topological polar surface area (TPSA) is 12.0 Å². The molecule has 1 heterocycles. The highest BCUT2D eigenvalue weighted by molar-refractivity contribution is 8.36. The van der Waals surface area contributed by atoms with Gasteiger partial charge in [0.15, 0.2) is 0 Å². The number of allylic oxidation sites excluding steroid dienone is 5. The van der Waals surface area contributed by atoms with Crippen molar-refractivity contribution in [3.05, 3.63) is 47.1 Å². The molecule has 23 heavy (non-hydrogen) atoms. The van der Waals surface area contributed by atoms with E-state index in [0.29, 0.717) is 6.04 Å². The van der Waals surface area contributed by atoms with Gasteiger partial charge >= 0.3 is 0 Å². The van der Waals surface area contributed by atoms with Crippen molar-refractivity contribution in [3.8, 4) is 0 Å². The van der Waals surface area contributed by atoms with Crippen LogP contribution in [0.4, 0.5) is 0 Å². The first-order valence-electron chi connectivity index (χ1n) is 9.21. The molecule has 0 aromatic heterocycles. The third-order valence-electron chi connectivity index (χ3n) is 5.30. The van der Waals surface area contributed by atoms with E-state index in [4.69, 9.17) is 0 Å². The van der Waals surface area contributed by atoms with Gasteiger partial charge in [-0.05, 0) is 67.6 Å². The molecule has 0 bridgehead atoms. The second-order valence-corrected chi connectivity index (χ2v) is 11.2. The molecule has 2 rings (SSSR count). The summed E-state index contributed by atoms with van der Waals surface area (Å²) >= 11 is 0. The van der Waals surface area contributed by atoms with Gasteiger partial charge in [-0.1, -0.05) is 45.1 Å². The number of nitrogens with one attached hydrogen (secondary N) is 1. The first-order chi connectivity index (χ1) is 11.0. The molecule has 2 aliphatic rings. The molecule has 0 spiro atoms. The molecule has 0 aromatic rings. The molecule has 0 saturated carbocycles. The van der Waals surface area contributed by atoms with E-state index in [1.807, 2.05) is 0 Å². The summed E-state index contributed by atoms with van der Waals surface area (Å²) in [7, 11) is -0.668. The van der Waals surface area contributed by atoms with Crippen LogP contribution in [0.5, 0.6) is 0 Å². The minimum absolute atomic E-state index is 0.604. The summed E-state index contributed by atoms with van der Waals surface area (Å²) in [4.78, 5) is 0. The maximum absolute atomic E-state index is 4.02. The standard InChI is InChI=1S/C21H35NS/c1-6-10-20(22-17(2)3)12-9-15-23(5)16-14-19-11-7-8-13-21(19)18(23)4/h8,13-14,16,18,20,22H,2,6-7,9-12,15H2,1,3-5H3. The molecule has 1 N–H and O–H groups in total. The Morgan fingerprint density at radius 1 is 1.39 bits per heavy atom. The normalized spacial score (nSPS) is 30.5. The Labute approximate surface area is 145 Å². The highest BCUT2D eigenvalue weighted by atomic mass is 32.3. The summed E-state index contributed by atoms with van der Waals surface area (Å²) in [5, 5.41) is 6.86. The molecule has 0 amide bonds. The quantitative estimate of drug-likeness (QED) is 0.569. The third kappa shape index (κ3) is 4.79. The van der Waals surface area contributed by atoms with E-state index in [2.05, 4.69) is 62.6 Å². The van der Waals surface area contributed by atoms with Gasteiger partial charge < -0.3 is 5.32 Å². The Bertz CT molecular complexity index is 514. The van der Waals surface area contributed by atoms with Gasteiger partial charge in [0, 0.05) is 17.0 Å². The Balaban J connectivity index is 1.92. The predicted molar refractivity (Wildman–Crippen MR) is 108 cm³/mol. The summed E-state index contributed by atoms with van der Waals surface area (Å²) in [6, 6.07) is 0.604. The van der Waals surface area contributed by atoms with Crippen LogP contribution < -0.4 is 5.32 Å². The minimum Gasteiger partial charge on any atom is -0.386 e. The van der Waals surface area contributed by atoms with Crippen LogP contribution in [-0.4, -0.2) is 23.3 Å². The molecule has 3 unspecified atom stereocenters. The summed E-state index contributed by atoms with van der Waals surface area (Å²) in [5.41, 5.74) is 4.33. The summed E-state index contributed by atoms with van der Waals surface area (Å²) in [5.74, 6) is 1.35. The Morgan fingerprint density at radius 3 is 2.87 bits per heavy atom. The lowest BCUT2D eigenvalue weighted by Gasteiger charge is -2.44. The van der Waals surface area contributed by atoms with Crippen LogP contribution in [0.25, 0.3) is 0 Å². The van der Waals surface area contributed by atoms with E-state index in [0.717, 1.165) is 10.9 Å². The smallest absolute Gasteiger partial charge is 0.0258 e. The molecule has 0 saturated heterocycles. The number of rotatable bonds is 8. The van der Waals surface area contributed by atoms with Crippen molar-refractivity contribution in [3.63, 3.8) is 0 Å². The third-order valence-corrected chi connectivity index (χ3v) is 9.09. The summed E-state index contributed by atoms with van der Waals surface area (Å²) < 4.78 is 0. The fourth-order valence-electron chi connectivity index (χ4n) is 3.79. The minimum atomic E-state index is -0.668. The van der Waals surface area contributed by atoms with E-state index in [1.165, 1.54) is 44.3 Å². The first kappa shape index (κ1) is 18.4. The van der Waals surface area contributed by atoms with Crippen LogP contribution in [0.3, 0.4) is 0 Å². The molecule has 1 nitrogen and oxygen atoms in total. The zero-order valence-corrected chi connectivity index (χ0v) is 16.3. The average Bonchev–Trinajstić information content (AvgIpc) is 2.51. The zero-order valence-electron chi connectivity index (χ0n) is 15.5. The summed E-state index contributed by atoms with van der Waals surface area (Å²) in [6.07, 6.45) is 17.3. The van der Waals surface area contributed by atoms with Gasteiger partial charge in [-0.2, -0.15) is 0 Å². The molecule has 0 aromatic carbocycles. The maximum Gasteiger partial charge on any atom is 0.0258 e. The maximum atomic E-state index is 4.02. The van der Waals surface area contributed by atoms with Gasteiger partial charge in [-0.25, -0.2) is 10.0 Å². The van der Waals surface area contributed by atoms with Crippen LogP contribution in [0.1, 0.15) is 59.3 Å². The molecular weight excluding hydrogens is 298 g/mol. The lowest BCUT2D eigenvalue weighted by Crippen LogP contribution is -2.28. The second kappa shape index (κ2) is 8.28. The molecule has 0 fully saturated rings. The largest absolute Gasteiger partial charge is 0.386 e. The Hall–Kier alpha value is -0.890. The molecule has 1 aliphatic carbocycles. The van der Waals surface area contributed by atoms with Crippen molar-refractivity contribution in [2.24, 2.45) is 0 Å². The van der Waals surface area contributed by atoms with E-state index < -0.39 is 10.0 Å². The zero-order chi connectivity index (χ0) is 16.9. The van der Waals surface area contributed by atoms with Crippen LogP contribution >= 0.6 is 10.0 Å². The molecule has 0 radical (unpaired) electrons. The number of hydrogen-bond acceptors (Lipinski definition) is 1. The highest BCUT2D eigenvalue weighted by Crippen LogP contribution is 2.57. The van der Waals surface area contributed by atoms with Crippen molar-refractivity contribution in [2.45, 2.75) is 70.6 Å². The van der Waals surface area contributed by atoms with Crippen molar-refractivity contribution in [1.29, 1.82) is 0 Å². The molecule has 3 atom stereocenters. The highest BCUT2D eigenvalue weighted by Gasteiger charge is 2.30. The Morgan fingerprint density at radius 2 is 2.17 bits per heavy atom. The SMILES string of the molecule is C=C(C)NC(CCC)CCCS1(C)C=CC2=C(C=CCC2)C1C. The Kier molecular flexibility index (Phi) is 6.64. The van der Waals surface area contributed by atoms with Gasteiger partial charge in [-0.3, -0.25) is 0 Å². The fourth-order valence-corrected chi connectivity index (χ4v) is 6.59. The lowest BCUT2D eigenvalue weighted by atomic mass is 9.95. The van der Waals surface area contributed by atoms with E-state index in [1.54, 1.807) is 11.1 Å². The van der Waals surface area contributed by atoms with E-state index in [9.17, 15) is 0 Å². The monoisotopic (exact) mass is 333 g/mol. The second-order valence-electron chi connectivity index (χ2n) is 7.35. The molecule has 1 aliphatic heterocycles. The van der Waals surface area contributed by atoms with Crippen molar-refractivity contribution >= 4 is 10.0 Å². The van der Waals surface area contributed by atoms with Crippen LogP contribution in [0.15, 0.2) is 47.1 Å². The van der Waals surface area contributed by atoms with Crippen molar-refractivity contribution in [1.82, 2.24) is 5.32 Å². The van der Waals surface area contributed by atoms with Gasteiger partial charge in [0.2, 0.25) is 0 Å². The van der Waals surface area contributed by atoms with E-state index in [-0.39, 0.29) is 0 Å². The van der Waals surface area contributed by atoms with Crippen molar-refractivity contribution < 1.29 is 0 Å². The number of hydrogen-bond donors (Lipinski definition) is 1. The lowest BCUT2D eigenvalue weighted by molar-refractivity contribution is 0.483. The average molecular weight is 334 g/mol. The van der Waals surface area contributed by atoms with Gasteiger partial charge in [0.1, 0.15) is 0 Å². The molecule has 2 heteroatoms. The van der Waals surface area contributed by atoms with Gasteiger partial charge in [-0.15, -0.1) is 0 Å². The first-order valence-corrected chi connectivity index (χ1v) is 11.5.